The lowest BCUT2D eigenvalue weighted by Gasteiger charge is -2.24. The second-order valence-corrected chi connectivity index (χ2v) is 8.57. The number of aromatic amines is 1. The molecule has 0 aromatic carbocycles. The molecule has 4 rings (SSSR count). The topological polar surface area (TPSA) is 73.9 Å². The highest BCUT2D eigenvalue weighted by molar-refractivity contribution is 7.97. The maximum Gasteiger partial charge on any atom is 0.259 e. The number of nitrogens with one attached hydrogen (secondary N) is 2. The molecule has 0 radical (unpaired) electrons. The summed E-state index contributed by atoms with van der Waals surface area (Å²) >= 11 is 1.77. The molecule has 6 nitrogen and oxygen atoms in total. The van der Waals surface area contributed by atoms with Crippen molar-refractivity contribution in [3.8, 4) is 0 Å². The number of H-pyrrole nitrogens is 1. The summed E-state index contributed by atoms with van der Waals surface area (Å²) in [5, 5.41) is 3.88. The predicted octanol–water partition coefficient (Wildman–Crippen LogP) is 4.68. The van der Waals surface area contributed by atoms with Crippen LogP contribution in [0.25, 0.3) is 10.9 Å². The van der Waals surface area contributed by atoms with Crippen LogP contribution < -0.4 is 10.9 Å². The summed E-state index contributed by atoms with van der Waals surface area (Å²) in [4.78, 5) is 25.4. The number of pyridine rings is 3. The highest BCUT2D eigenvalue weighted by atomic mass is 32.2. The Morgan fingerprint density at radius 1 is 1.18 bits per heavy atom. The molecule has 3 aromatic heterocycles. The van der Waals surface area contributed by atoms with Crippen LogP contribution in [-0.2, 0) is 0 Å². The Morgan fingerprint density at radius 3 is 2.71 bits per heavy atom. The van der Waals surface area contributed by atoms with Crippen LogP contribution in [0.4, 0.5) is 11.5 Å². The van der Waals surface area contributed by atoms with E-state index >= 15 is 0 Å². The number of rotatable bonds is 5. The van der Waals surface area contributed by atoms with Gasteiger partial charge in [-0.3, -0.25) is 9.78 Å². The van der Waals surface area contributed by atoms with Crippen molar-refractivity contribution >= 4 is 34.4 Å². The largest absolute Gasteiger partial charge is 0.339 e. The Bertz CT molecular complexity index is 1010. The fraction of sp³-hybridized carbons (Fsp3) is 0.381. The molecular formula is C21H25N5OS. The molecule has 0 unspecified atom stereocenters. The van der Waals surface area contributed by atoms with Crippen LogP contribution in [0.2, 0.25) is 0 Å². The number of anilines is 2. The normalized spacial score (nSPS) is 15.2. The first-order valence-electron chi connectivity index (χ1n) is 9.78. The minimum absolute atomic E-state index is 0.153. The third-order valence-electron chi connectivity index (χ3n) is 4.89. The molecule has 0 saturated carbocycles. The van der Waals surface area contributed by atoms with Crippen LogP contribution in [0.15, 0.2) is 46.3 Å². The van der Waals surface area contributed by atoms with Gasteiger partial charge in [-0.05, 0) is 55.0 Å². The third-order valence-corrected chi connectivity index (χ3v) is 5.97. The summed E-state index contributed by atoms with van der Waals surface area (Å²) in [6, 6.07) is 7.82. The Labute approximate surface area is 168 Å². The van der Waals surface area contributed by atoms with Gasteiger partial charge in [0.15, 0.2) is 0 Å². The van der Waals surface area contributed by atoms with Crippen LogP contribution in [0.3, 0.4) is 0 Å². The quantitative estimate of drug-likeness (QED) is 0.611. The summed E-state index contributed by atoms with van der Waals surface area (Å²) in [5.74, 6) is 0.981. The van der Waals surface area contributed by atoms with Crippen molar-refractivity contribution in [2.75, 3.05) is 18.4 Å². The first kappa shape index (κ1) is 19.0. The van der Waals surface area contributed by atoms with E-state index in [-0.39, 0.29) is 11.5 Å². The molecule has 4 heterocycles. The Kier molecular flexibility index (Phi) is 5.64. The number of nitrogens with zero attached hydrogens (tertiary/aromatic N) is 3. The van der Waals surface area contributed by atoms with Gasteiger partial charge in [0.05, 0.1) is 16.6 Å². The number of hydrogen-bond donors (Lipinski definition) is 2. The van der Waals surface area contributed by atoms with Crippen molar-refractivity contribution in [2.45, 2.75) is 43.9 Å². The molecule has 1 fully saturated rings. The average Bonchev–Trinajstić information content (AvgIpc) is 2.70. The Balaban J connectivity index is 1.59. The molecular weight excluding hydrogens is 370 g/mol. The minimum Gasteiger partial charge on any atom is -0.339 e. The van der Waals surface area contributed by atoms with E-state index in [1.807, 2.05) is 24.4 Å². The summed E-state index contributed by atoms with van der Waals surface area (Å²) in [6.45, 7) is 6.45. The zero-order valence-corrected chi connectivity index (χ0v) is 17.1. The van der Waals surface area contributed by atoms with Gasteiger partial charge >= 0.3 is 0 Å². The molecule has 7 heteroatoms. The van der Waals surface area contributed by atoms with E-state index in [9.17, 15) is 4.79 Å². The first-order valence-corrected chi connectivity index (χ1v) is 10.6. The van der Waals surface area contributed by atoms with Crippen molar-refractivity contribution in [1.29, 1.82) is 0 Å². The molecule has 1 saturated heterocycles. The van der Waals surface area contributed by atoms with Crippen LogP contribution in [-0.4, -0.2) is 32.3 Å². The molecule has 2 N–H and O–H groups in total. The molecule has 3 aromatic rings. The van der Waals surface area contributed by atoms with E-state index in [4.69, 9.17) is 0 Å². The van der Waals surface area contributed by atoms with E-state index in [0.29, 0.717) is 16.7 Å². The van der Waals surface area contributed by atoms with E-state index in [0.717, 1.165) is 29.4 Å². The number of piperidine rings is 1. The van der Waals surface area contributed by atoms with Crippen molar-refractivity contribution in [2.24, 2.45) is 0 Å². The van der Waals surface area contributed by atoms with Crippen molar-refractivity contribution < 1.29 is 0 Å². The van der Waals surface area contributed by atoms with E-state index in [2.05, 4.69) is 44.5 Å². The van der Waals surface area contributed by atoms with Crippen LogP contribution in [0.1, 0.15) is 44.7 Å². The van der Waals surface area contributed by atoms with Gasteiger partial charge in [0.25, 0.3) is 5.56 Å². The maximum atomic E-state index is 12.4. The monoisotopic (exact) mass is 395 g/mol. The van der Waals surface area contributed by atoms with Gasteiger partial charge in [0, 0.05) is 36.1 Å². The van der Waals surface area contributed by atoms with Crippen LogP contribution in [0.5, 0.6) is 0 Å². The van der Waals surface area contributed by atoms with Crippen molar-refractivity contribution in [3.63, 3.8) is 0 Å². The number of aromatic nitrogens is 3. The van der Waals surface area contributed by atoms with E-state index < -0.39 is 0 Å². The standard InChI is InChI=1S/C21H25N5OS/c1-14(2)17-12-18(20-16(24-17)8-9-22-21(20)27)25-19-7-6-15(13-23-19)28-26-10-4-3-5-11-26/h6-9,12-14H,3-5,10-11H2,1-2H3,(H,22,27)(H,23,24,25). The molecule has 1 aliphatic rings. The number of fused-ring (bicyclic) bond motifs is 1. The minimum atomic E-state index is -0.153. The predicted molar refractivity (Wildman–Crippen MR) is 115 cm³/mol. The fourth-order valence-corrected chi connectivity index (χ4v) is 4.33. The molecule has 0 bridgehead atoms. The maximum absolute atomic E-state index is 12.4. The van der Waals surface area contributed by atoms with Gasteiger partial charge in [0.1, 0.15) is 5.82 Å². The zero-order valence-electron chi connectivity index (χ0n) is 16.2. The van der Waals surface area contributed by atoms with Gasteiger partial charge in [-0.25, -0.2) is 9.29 Å². The summed E-state index contributed by atoms with van der Waals surface area (Å²) in [5.41, 5.74) is 2.21. The van der Waals surface area contributed by atoms with Gasteiger partial charge in [0.2, 0.25) is 0 Å². The van der Waals surface area contributed by atoms with E-state index in [1.165, 1.54) is 19.3 Å². The summed E-state index contributed by atoms with van der Waals surface area (Å²) < 4.78 is 2.40. The third kappa shape index (κ3) is 4.20. The summed E-state index contributed by atoms with van der Waals surface area (Å²) in [6.07, 6.45) is 7.38. The molecule has 0 atom stereocenters. The second-order valence-electron chi connectivity index (χ2n) is 7.40. The average molecular weight is 396 g/mol. The molecule has 146 valence electrons. The smallest absolute Gasteiger partial charge is 0.259 e. The lowest BCUT2D eigenvalue weighted by atomic mass is 10.1. The number of hydrogen-bond acceptors (Lipinski definition) is 6. The van der Waals surface area contributed by atoms with Gasteiger partial charge < -0.3 is 10.3 Å². The molecule has 0 spiro atoms. The second kappa shape index (κ2) is 8.32. The first-order chi connectivity index (χ1) is 13.6. The van der Waals surface area contributed by atoms with Crippen LogP contribution in [0, 0.1) is 0 Å². The molecule has 28 heavy (non-hydrogen) atoms. The lowest BCUT2D eigenvalue weighted by molar-refractivity contribution is 0.380. The lowest BCUT2D eigenvalue weighted by Crippen LogP contribution is -2.22. The van der Waals surface area contributed by atoms with Gasteiger partial charge in [-0.2, -0.15) is 0 Å². The molecule has 1 aliphatic heterocycles. The SMILES string of the molecule is CC(C)c1cc(Nc2ccc(SN3CCCCC3)cn2)c2c(=O)[nH]ccc2n1. The van der Waals surface area contributed by atoms with Gasteiger partial charge in [-0.15, -0.1) is 0 Å². The van der Waals surface area contributed by atoms with Crippen molar-refractivity contribution in [1.82, 2.24) is 19.3 Å². The van der Waals surface area contributed by atoms with E-state index in [1.54, 1.807) is 18.1 Å². The fourth-order valence-electron chi connectivity index (χ4n) is 3.36. The summed E-state index contributed by atoms with van der Waals surface area (Å²) in [7, 11) is 0. The highest BCUT2D eigenvalue weighted by Gasteiger charge is 2.13. The van der Waals surface area contributed by atoms with Gasteiger partial charge in [-0.1, -0.05) is 20.3 Å². The van der Waals surface area contributed by atoms with Crippen LogP contribution >= 0.6 is 11.9 Å². The molecule has 0 amide bonds. The highest BCUT2D eigenvalue weighted by Crippen LogP contribution is 2.29. The Hall–Kier alpha value is -2.38. The Morgan fingerprint density at radius 2 is 2.00 bits per heavy atom. The zero-order chi connectivity index (χ0) is 19.5. The van der Waals surface area contributed by atoms with Crippen molar-refractivity contribution in [3.05, 3.63) is 52.7 Å². The molecule has 0 aliphatic carbocycles.